The van der Waals surface area contributed by atoms with Crippen molar-refractivity contribution in [1.29, 1.82) is 0 Å². The average Bonchev–Trinajstić information content (AvgIpc) is 2.79. The van der Waals surface area contributed by atoms with E-state index in [0.29, 0.717) is 12.1 Å². The van der Waals surface area contributed by atoms with Crippen molar-refractivity contribution in [3.05, 3.63) is 18.2 Å². The standard InChI is InChI=1S/C11H17N3O3/c1-7(2)4-8(11(16)17-3)14-10(15)9-5-12-6-13-9/h5-8H,4H2,1-3H3,(H,12,13)(H,14,15). The Morgan fingerprint density at radius 3 is 2.71 bits per heavy atom. The largest absolute Gasteiger partial charge is 0.467 e. The molecule has 1 unspecified atom stereocenters. The minimum Gasteiger partial charge on any atom is -0.467 e. The van der Waals surface area contributed by atoms with Crippen LogP contribution in [0.15, 0.2) is 12.5 Å². The predicted octanol–water partition coefficient (Wildman–Crippen LogP) is 0.727. The van der Waals surface area contributed by atoms with Gasteiger partial charge in [0.1, 0.15) is 11.7 Å². The lowest BCUT2D eigenvalue weighted by atomic mass is 10.0. The van der Waals surface area contributed by atoms with Crippen molar-refractivity contribution in [3.8, 4) is 0 Å². The molecule has 1 amide bonds. The fourth-order valence-corrected chi connectivity index (χ4v) is 1.44. The molecule has 2 N–H and O–H groups in total. The van der Waals surface area contributed by atoms with Crippen molar-refractivity contribution in [1.82, 2.24) is 15.3 Å². The van der Waals surface area contributed by atoms with Gasteiger partial charge in [-0.3, -0.25) is 4.79 Å². The van der Waals surface area contributed by atoms with Gasteiger partial charge in [-0.05, 0) is 12.3 Å². The Hall–Kier alpha value is -1.85. The number of ether oxygens (including phenoxy) is 1. The van der Waals surface area contributed by atoms with Gasteiger partial charge >= 0.3 is 5.97 Å². The number of esters is 1. The lowest BCUT2D eigenvalue weighted by molar-refractivity contribution is -0.143. The van der Waals surface area contributed by atoms with Gasteiger partial charge in [0.2, 0.25) is 0 Å². The summed E-state index contributed by atoms with van der Waals surface area (Å²) in [4.78, 5) is 29.6. The number of carbonyl (C=O) groups excluding carboxylic acids is 2. The van der Waals surface area contributed by atoms with E-state index in [-0.39, 0.29) is 11.8 Å². The maximum atomic E-state index is 11.7. The van der Waals surface area contributed by atoms with Crippen molar-refractivity contribution < 1.29 is 14.3 Å². The molecule has 6 nitrogen and oxygen atoms in total. The van der Waals surface area contributed by atoms with Crippen LogP contribution in [0.25, 0.3) is 0 Å². The van der Waals surface area contributed by atoms with Crippen molar-refractivity contribution in [3.63, 3.8) is 0 Å². The fourth-order valence-electron chi connectivity index (χ4n) is 1.44. The van der Waals surface area contributed by atoms with Crippen LogP contribution in [0.1, 0.15) is 30.8 Å². The molecule has 0 aliphatic rings. The molecule has 1 atom stereocenters. The van der Waals surface area contributed by atoms with E-state index in [4.69, 9.17) is 0 Å². The average molecular weight is 239 g/mol. The van der Waals surface area contributed by atoms with Gasteiger partial charge in [0.15, 0.2) is 0 Å². The van der Waals surface area contributed by atoms with E-state index in [0.717, 1.165) is 0 Å². The van der Waals surface area contributed by atoms with E-state index >= 15 is 0 Å². The number of aromatic nitrogens is 2. The molecule has 0 aliphatic heterocycles. The summed E-state index contributed by atoms with van der Waals surface area (Å²) in [5.41, 5.74) is 0.322. The number of nitrogens with zero attached hydrogens (tertiary/aromatic N) is 1. The van der Waals surface area contributed by atoms with E-state index in [1.807, 2.05) is 13.8 Å². The topological polar surface area (TPSA) is 84.1 Å². The number of nitrogens with one attached hydrogen (secondary N) is 2. The van der Waals surface area contributed by atoms with Crippen LogP contribution >= 0.6 is 0 Å². The SMILES string of the molecule is COC(=O)C(CC(C)C)NC(=O)c1cnc[nH]1. The zero-order chi connectivity index (χ0) is 12.8. The Kier molecular flexibility index (Phi) is 4.68. The number of aromatic amines is 1. The normalized spacial score (nSPS) is 12.2. The van der Waals surface area contributed by atoms with Crippen LogP contribution in [0.3, 0.4) is 0 Å². The highest BCUT2D eigenvalue weighted by Crippen LogP contribution is 2.07. The van der Waals surface area contributed by atoms with E-state index in [1.165, 1.54) is 19.6 Å². The van der Waals surface area contributed by atoms with Crippen LogP contribution in [0.4, 0.5) is 0 Å². The second kappa shape index (κ2) is 6.03. The van der Waals surface area contributed by atoms with Gasteiger partial charge in [-0.15, -0.1) is 0 Å². The first kappa shape index (κ1) is 13.2. The maximum Gasteiger partial charge on any atom is 0.328 e. The molecule has 1 aromatic rings. The van der Waals surface area contributed by atoms with Crippen LogP contribution in [0, 0.1) is 5.92 Å². The van der Waals surface area contributed by atoms with Crippen molar-refractivity contribution in [2.45, 2.75) is 26.3 Å². The third-order valence-electron chi connectivity index (χ3n) is 2.24. The summed E-state index contributed by atoms with van der Waals surface area (Å²) in [6, 6.07) is -0.629. The summed E-state index contributed by atoms with van der Waals surface area (Å²) < 4.78 is 4.65. The van der Waals surface area contributed by atoms with Crippen LogP contribution in [-0.4, -0.2) is 35.0 Å². The molecule has 0 radical (unpaired) electrons. The highest BCUT2D eigenvalue weighted by molar-refractivity contribution is 5.94. The number of rotatable bonds is 5. The molecule has 94 valence electrons. The van der Waals surface area contributed by atoms with E-state index in [2.05, 4.69) is 20.0 Å². The Morgan fingerprint density at radius 1 is 1.53 bits per heavy atom. The zero-order valence-corrected chi connectivity index (χ0v) is 10.2. The molecule has 1 heterocycles. The lowest BCUT2D eigenvalue weighted by Gasteiger charge is -2.17. The summed E-state index contributed by atoms with van der Waals surface area (Å²) in [6.07, 6.45) is 3.34. The quantitative estimate of drug-likeness (QED) is 0.742. The molecule has 0 fully saturated rings. The Balaban J connectivity index is 2.66. The predicted molar refractivity (Wildman–Crippen MR) is 61.3 cm³/mol. The van der Waals surface area contributed by atoms with Crippen LogP contribution in [-0.2, 0) is 9.53 Å². The summed E-state index contributed by atoms with van der Waals surface area (Å²) >= 11 is 0. The number of carbonyl (C=O) groups is 2. The van der Waals surface area contributed by atoms with Gasteiger partial charge in [0.05, 0.1) is 19.6 Å². The van der Waals surface area contributed by atoms with Gasteiger partial charge in [0, 0.05) is 0 Å². The van der Waals surface area contributed by atoms with Crippen molar-refractivity contribution >= 4 is 11.9 Å². The fraction of sp³-hybridized carbons (Fsp3) is 0.545. The van der Waals surface area contributed by atoms with Crippen LogP contribution in [0.2, 0.25) is 0 Å². The zero-order valence-electron chi connectivity index (χ0n) is 10.2. The third-order valence-corrected chi connectivity index (χ3v) is 2.24. The third kappa shape index (κ3) is 3.90. The number of methoxy groups -OCH3 is 1. The summed E-state index contributed by atoms with van der Waals surface area (Å²) in [5.74, 6) is -0.522. The molecule has 6 heteroatoms. The van der Waals surface area contributed by atoms with Crippen LogP contribution < -0.4 is 5.32 Å². The van der Waals surface area contributed by atoms with Gasteiger partial charge in [-0.2, -0.15) is 0 Å². The van der Waals surface area contributed by atoms with E-state index in [1.54, 1.807) is 0 Å². The number of hydrogen-bond donors (Lipinski definition) is 2. The second-order valence-corrected chi connectivity index (χ2v) is 4.14. The molecule has 0 saturated heterocycles. The molecule has 0 spiro atoms. The van der Waals surface area contributed by atoms with Crippen molar-refractivity contribution in [2.24, 2.45) is 5.92 Å². The minimum atomic E-state index is -0.629. The first-order chi connectivity index (χ1) is 8.04. The summed E-state index contributed by atoms with van der Waals surface area (Å²) in [5, 5.41) is 2.62. The Bertz CT molecular complexity index is 373. The second-order valence-electron chi connectivity index (χ2n) is 4.14. The van der Waals surface area contributed by atoms with E-state index < -0.39 is 12.0 Å². The first-order valence-corrected chi connectivity index (χ1v) is 5.41. The first-order valence-electron chi connectivity index (χ1n) is 5.41. The Labute approximate surface area is 99.8 Å². The van der Waals surface area contributed by atoms with Gasteiger partial charge in [0.25, 0.3) is 5.91 Å². The monoisotopic (exact) mass is 239 g/mol. The number of amides is 1. The van der Waals surface area contributed by atoms with E-state index in [9.17, 15) is 9.59 Å². The van der Waals surface area contributed by atoms with Gasteiger partial charge in [-0.1, -0.05) is 13.8 Å². The molecule has 0 saturated carbocycles. The highest BCUT2D eigenvalue weighted by atomic mass is 16.5. The molecule has 1 aromatic heterocycles. The minimum absolute atomic E-state index is 0.279. The van der Waals surface area contributed by atoms with Crippen molar-refractivity contribution in [2.75, 3.05) is 7.11 Å². The van der Waals surface area contributed by atoms with Gasteiger partial charge in [-0.25, -0.2) is 9.78 Å². The maximum absolute atomic E-state index is 11.7. The number of hydrogen-bond acceptors (Lipinski definition) is 4. The molecule has 0 bridgehead atoms. The molecule has 17 heavy (non-hydrogen) atoms. The smallest absolute Gasteiger partial charge is 0.328 e. The molecule has 0 aliphatic carbocycles. The number of H-pyrrole nitrogens is 1. The molecule has 1 rings (SSSR count). The molecule has 0 aromatic carbocycles. The molecular formula is C11H17N3O3. The lowest BCUT2D eigenvalue weighted by Crippen LogP contribution is -2.42. The molecular weight excluding hydrogens is 222 g/mol. The van der Waals surface area contributed by atoms with Gasteiger partial charge < -0.3 is 15.0 Å². The summed E-state index contributed by atoms with van der Waals surface area (Å²) in [7, 11) is 1.30. The number of imidazole rings is 1. The Morgan fingerprint density at radius 2 is 2.24 bits per heavy atom. The highest BCUT2D eigenvalue weighted by Gasteiger charge is 2.23. The summed E-state index contributed by atoms with van der Waals surface area (Å²) in [6.45, 7) is 3.94. The van der Waals surface area contributed by atoms with Crippen LogP contribution in [0.5, 0.6) is 0 Å².